The van der Waals surface area contributed by atoms with E-state index in [1.165, 1.54) is 5.01 Å². The van der Waals surface area contributed by atoms with Crippen LogP contribution in [-0.4, -0.2) is 33.9 Å². The molecule has 1 aromatic heterocycles. The molecule has 2 aliphatic heterocycles. The predicted molar refractivity (Wildman–Crippen MR) is 90.0 cm³/mol. The maximum Gasteiger partial charge on any atom is 0.409 e. The van der Waals surface area contributed by atoms with E-state index >= 15 is 0 Å². The minimum absolute atomic E-state index is 0.0566. The molecule has 5 nitrogen and oxygen atoms in total. The fraction of sp³-hybridized carbons (Fsp3) is 0.389. The standard InChI is InChI=1S/C18H19F3N4O/c1-11-7-14-16(15-8-22-10-24(11)15)23-25(17(14)18(19,20)21)9-12-3-5-13(26-2)6-4-12/h3-6,8,10-11,17,23H,7,9H2,1-2H3. The third kappa shape index (κ3) is 2.74. The molecule has 0 saturated heterocycles. The van der Waals surface area contributed by atoms with E-state index in [2.05, 4.69) is 10.4 Å². The highest BCUT2D eigenvalue weighted by Gasteiger charge is 2.52. The molecule has 138 valence electrons. The molecule has 1 aromatic carbocycles. The first kappa shape index (κ1) is 17.0. The normalized spacial score (nSPS) is 22.8. The first-order chi connectivity index (χ1) is 12.4. The number of benzene rings is 1. The highest BCUT2D eigenvalue weighted by atomic mass is 19.4. The van der Waals surface area contributed by atoms with Crippen molar-refractivity contribution in [2.45, 2.75) is 38.1 Å². The van der Waals surface area contributed by atoms with Gasteiger partial charge in [-0.1, -0.05) is 12.1 Å². The Labute approximate surface area is 149 Å². The summed E-state index contributed by atoms with van der Waals surface area (Å²) in [5.41, 5.74) is 5.37. The van der Waals surface area contributed by atoms with Crippen molar-refractivity contribution in [1.29, 1.82) is 0 Å². The molecule has 2 aromatic rings. The maximum atomic E-state index is 13.9. The Hall–Kier alpha value is -2.48. The summed E-state index contributed by atoms with van der Waals surface area (Å²) in [5, 5.41) is 1.27. The molecule has 0 amide bonds. The first-order valence-corrected chi connectivity index (χ1v) is 8.36. The number of fused-ring (bicyclic) bond motifs is 2. The summed E-state index contributed by atoms with van der Waals surface area (Å²) in [6, 6.07) is 5.34. The Balaban J connectivity index is 1.67. The highest BCUT2D eigenvalue weighted by molar-refractivity contribution is 5.69. The zero-order valence-electron chi connectivity index (χ0n) is 14.4. The van der Waals surface area contributed by atoms with Crippen LogP contribution in [0.25, 0.3) is 5.70 Å². The van der Waals surface area contributed by atoms with Gasteiger partial charge in [0.15, 0.2) is 0 Å². The molecule has 0 saturated carbocycles. The Kier molecular flexibility index (Phi) is 3.95. The van der Waals surface area contributed by atoms with Crippen LogP contribution < -0.4 is 10.2 Å². The van der Waals surface area contributed by atoms with Crippen LogP contribution in [0.3, 0.4) is 0 Å². The molecule has 4 rings (SSSR count). The Morgan fingerprint density at radius 1 is 1.27 bits per heavy atom. The van der Waals surface area contributed by atoms with Crippen molar-refractivity contribution in [3.63, 3.8) is 0 Å². The number of ether oxygens (including phenoxy) is 1. The van der Waals surface area contributed by atoms with Gasteiger partial charge < -0.3 is 14.7 Å². The van der Waals surface area contributed by atoms with Crippen LogP contribution in [0.15, 0.2) is 42.4 Å². The van der Waals surface area contributed by atoms with Gasteiger partial charge in [-0.05, 0) is 36.6 Å². The lowest BCUT2D eigenvalue weighted by Gasteiger charge is -2.29. The molecule has 0 fully saturated rings. The molecule has 0 aliphatic carbocycles. The Morgan fingerprint density at radius 3 is 2.65 bits per heavy atom. The van der Waals surface area contributed by atoms with Gasteiger partial charge in [0.05, 0.1) is 31.0 Å². The molecule has 2 aliphatic rings. The lowest BCUT2D eigenvalue weighted by Crippen LogP contribution is -2.47. The van der Waals surface area contributed by atoms with Crippen molar-refractivity contribution in [3.8, 4) is 5.75 Å². The molecule has 26 heavy (non-hydrogen) atoms. The number of imidazole rings is 1. The average Bonchev–Trinajstić information content (AvgIpc) is 3.20. The summed E-state index contributed by atoms with van der Waals surface area (Å²) in [7, 11) is 1.55. The molecular formula is C18H19F3N4O. The number of nitrogens with zero attached hydrogens (tertiary/aromatic N) is 3. The van der Waals surface area contributed by atoms with Crippen molar-refractivity contribution >= 4 is 5.70 Å². The summed E-state index contributed by atoms with van der Waals surface area (Å²) in [4.78, 5) is 4.11. The van der Waals surface area contributed by atoms with Gasteiger partial charge in [-0.2, -0.15) is 13.2 Å². The zero-order valence-corrected chi connectivity index (χ0v) is 14.4. The third-order valence-electron chi connectivity index (χ3n) is 4.95. The Morgan fingerprint density at radius 2 is 2.00 bits per heavy atom. The van der Waals surface area contributed by atoms with E-state index < -0.39 is 12.2 Å². The third-order valence-corrected chi connectivity index (χ3v) is 4.95. The number of hydrogen-bond acceptors (Lipinski definition) is 4. The van der Waals surface area contributed by atoms with Crippen LogP contribution in [-0.2, 0) is 6.54 Å². The van der Waals surface area contributed by atoms with Crippen molar-refractivity contribution in [3.05, 3.63) is 53.6 Å². The minimum Gasteiger partial charge on any atom is -0.497 e. The van der Waals surface area contributed by atoms with E-state index in [4.69, 9.17) is 4.74 Å². The summed E-state index contributed by atoms with van der Waals surface area (Å²) in [5.74, 6) is 0.672. The van der Waals surface area contributed by atoms with Gasteiger partial charge in [-0.3, -0.25) is 0 Å². The van der Waals surface area contributed by atoms with Crippen LogP contribution in [0.1, 0.15) is 30.6 Å². The van der Waals surface area contributed by atoms with Crippen molar-refractivity contribution in [1.82, 2.24) is 20.0 Å². The molecule has 2 atom stereocenters. The average molecular weight is 364 g/mol. The molecular weight excluding hydrogens is 345 g/mol. The van der Waals surface area contributed by atoms with Crippen LogP contribution in [0, 0.1) is 0 Å². The highest BCUT2D eigenvalue weighted by Crippen LogP contribution is 2.44. The van der Waals surface area contributed by atoms with Gasteiger partial charge in [0.25, 0.3) is 0 Å². The van der Waals surface area contributed by atoms with Gasteiger partial charge in [0.2, 0.25) is 0 Å². The smallest absolute Gasteiger partial charge is 0.409 e. The Bertz CT molecular complexity index is 841. The second-order valence-electron chi connectivity index (χ2n) is 6.67. The molecule has 8 heteroatoms. The SMILES string of the molecule is COc1ccc(CN2NC3=C(CC(C)n4cncc43)C2C(F)(F)F)cc1. The fourth-order valence-electron chi connectivity index (χ4n) is 3.74. The largest absolute Gasteiger partial charge is 0.497 e. The molecule has 0 bridgehead atoms. The summed E-state index contributed by atoms with van der Waals surface area (Å²) in [6.45, 7) is 2.04. The molecule has 0 radical (unpaired) electrons. The van der Waals surface area contributed by atoms with Gasteiger partial charge >= 0.3 is 6.18 Å². The van der Waals surface area contributed by atoms with Gasteiger partial charge in [-0.15, -0.1) is 0 Å². The molecule has 2 unspecified atom stereocenters. The lowest BCUT2D eigenvalue weighted by molar-refractivity contribution is -0.176. The minimum atomic E-state index is -4.36. The number of hydrogen-bond donors (Lipinski definition) is 1. The van der Waals surface area contributed by atoms with Gasteiger partial charge in [-0.25, -0.2) is 9.99 Å². The number of methoxy groups -OCH3 is 1. The van der Waals surface area contributed by atoms with Crippen molar-refractivity contribution in [2.75, 3.05) is 7.11 Å². The van der Waals surface area contributed by atoms with Crippen LogP contribution >= 0.6 is 0 Å². The van der Waals surface area contributed by atoms with Gasteiger partial charge in [0.1, 0.15) is 11.8 Å². The quantitative estimate of drug-likeness (QED) is 0.905. The number of rotatable bonds is 3. The summed E-state index contributed by atoms with van der Waals surface area (Å²) >= 11 is 0. The maximum absolute atomic E-state index is 13.9. The lowest BCUT2D eigenvalue weighted by atomic mass is 9.94. The van der Waals surface area contributed by atoms with E-state index in [-0.39, 0.29) is 12.6 Å². The number of alkyl halides is 3. The number of nitrogens with one attached hydrogen (secondary N) is 1. The van der Waals surface area contributed by atoms with Crippen LogP contribution in [0.2, 0.25) is 0 Å². The number of hydrazine groups is 1. The second kappa shape index (κ2) is 6.05. The molecule has 3 heterocycles. The summed E-state index contributed by atoms with van der Waals surface area (Å²) in [6.07, 6.45) is -0.740. The van der Waals surface area contributed by atoms with E-state index in [9.17, 15) is 13.2 Å². The van der Waals surface area contributed by atoms with Crippen LogP contribution in [0.4, 0.5) is 13.2 Å². The predicted octanol–water partition coefficient (Wildman–Crippen LogP) is 3.52. The van der Waals surface area contributed by atoms with E-state index in [0.717, 1.165) is 5.56 Å². The van der Waals surface area contributed by atoms with E-state index in [0.29, 0.717) is 29.1 Å². The second-order valence-corrected chi connectivity index (χ2v) is 6.67. The zero-order chi connectivity index (χ0) is 18.5. The first-order valence-electron chi connectivity index (χ1n) is 8.36. The van der Waals surface area contributed by atoms with Gasteiger partial charge in [0, 0.05) is 12.6 Å². The van der Waals surface area contributed by atoms with E-state index in [1.807, 2.05) is 11.5 Å². The number of halogens is 3. The monoisotopic (exact) mass is 364 g/mol. The number of aromatic nitrogens is 2. The molecule has 0 spiro atoms. The summed E-state index contributed by atoms with van der Waals surface area (Å²) < 4.78 is 48.6. The molecule has 1 N–H and O–H groups in total. The fourth-order valence-corrected chi connectivity index (χ4v) is 3.74. The van der Waals surface area contributed by atoms with Crippen LogP contribution in [0.5, 0.6) is 5.75 Å². The van der Waals surface area contributed by atoms with E-state index in [1.54, 1.807) is 43.9 Å². The van der Waals surface area contributed by atoms with Crippen molar-refractivity contribution in [2.24, 2.45) is 0 Å². The topological polar surface area (TPSA) is 42.3 Å². The van der Waals surface area contributed by atoms with Crippen molar-refractivity contribution < 1.29 is 17.9 Å².